The molecule has 0 heterocycles. The molecule has 0 radical (unpaired) electrons. The van der Waals surface area contributed by atoms with Crippen LogP contribution >= 0.6 is 0 Å². The second-order valence-corrected chi connectivity index (χ2v) is 5.78. The average Bonchev–Trinajstić information content (AvgIpc) is 2.55. The van der Waals surface area contributed by atoms with Gasteiger partial charge < -0.3 is 5.11 Å². The molecule has 0 bridgehead atoms. The molecule has 2 rings (SSSR count). The molecule has 2 unspecified atom stereocenters. The summed E-state index contributed by atoms with van der Waals surface area (Å²) in [4.78, 5) is 0. The van der Waals surface area contributed by atoms with Gasteiger partial charge in [-0.25, -0.2) is 0 Å². The van der Waals surface area contributed by atoms with Crippen LogP contribution in [0.15, 0.2) is 0 Å². The minimum absolute atomic E-state index is 0.285. The van der Waals surface area contributed by atoms with Gasteiger partial charge in [-0.3, -0.25) is 0 Å². The van der Waals surface area contributed by atoms with Crippen LogP contribution < -0.4 is 0 Å². The quantitative estimate of drug-likeness (QED) is 0.716. The zero-order valence-corrected chi connectivity index (χ0v) is 9.47. The molecule has 0 aromatic rings. The lowest BCUT2D eigenvalue weighted by molar-refractivity contribution is -0.0321. The normalized spacial score (nSPS) is 40.3. The Morgan fingerprint density at radius 3 is 2.50 bits per heavy atom. The Morgan fingerprint density at radius 2 is 1.86 bits per heavy atom. The van der Waals surface area contributed by atoms with Crippen LogP contribution in [0.5, 0.6) is 0 Å². The molecule has 2 saturated carbocycles. The predicted molar refractivity (Wildman–Crippen MR) is 59.2 cm³/mol. The summed E-state index contributed by atoms with van der Waals surface area (Å²) in [5, 5.41) is 10.5. The van der Waals surface area contributed by atoms with Crippen LogP contribution in [0.3, 0.4) is 0 Å². The fourth-order valence-electron chi connectivity index (χ4n) is 3.57. The zero-order valence-electron chi connectivity index (χ0n) is 9.47. The summed E-state index contributed by atoms with van der Waals surface area (Å²) in [7, 11) is 0. The predicted octanol–water partition coefficient (Wildman–Crippen LogP) is 3.51. The molecule has 14 heavy (non-hydrogen) atoms. The van der Waals surface area contributed by atoms with Crippen molar-refractivity contribution in [3.63, 3.8) is 0 Å². The number of aliphatic hydroxyl groups is 1. The van der Waals surface area contributed by atoms with Gasteiger partial charge in [0.1, 0.15) is 0 Å². The number of hydrogen-bond acceptors (Lipinski definition) is 1. The molecule has 0 spiro atoms. The second kappa shape index (κ2) is 4.22. The standard InChI is InChI=1S/C13H24O/c1-11-5-4-8-13(14,9-11)10-12-6-2-3-7-12/h11-12,14H,2-10H2,1H3. The smallest absolute Gasteiger partial charge is 0.0653 e. The van der Waals surface area contributed by atoms with Gasteiger partial charge in [-0.05, 0) is 31.1 Å². The first-order valence-corrected chi connectivity index (χ1v) is 6.40. The Hall–Kier alpha value is -0.0400. The van der Waals surface area contributed by atoms with E-state index < -0.39 is 0 Å². The van der Waals surface area contributed by atoms with Crippen LogP contribution in [0.4, 0.5) is 0 Å². The highest BCUT2D eigenvalue weighted by Gasteiger charge is 2.35. The van der Waals surface area contributed by atoms with Gasteiger partial charge in [-0.2, -0.15) is 0 Å². The van der Waals surface area contributed by atoms with Crippen LogP contribution in [0, 0.1) is 11.8 Å². The van der Waals surface area contributed by atoms with E-state index in [-0.39, 0.29) is 5.60 Å². The van der Waals surface area contributed by atoms with E-state index in [0.29, 0.717) is 0 Å². The molecule has 82 valence electrons. The minimum atomic E-state index is -0.285. The Balaban J connectivity index is 1.87. The van der Waals surface area contributed by atoms with Gasteiger partial charge in [-0.1, -0.05) is 45.4 Å². The van der Waals surface area contributed by atoms with Crippen LogP contribution in [-0.4, -0.2) is 10.7 Å². The Labute approximate surface area is 87.9 Å². The lowest BCUT2D eigenvalue weighted by Crippen LogP contribution is -2.36. The van der Waals surface area contributed by atoms with Crippen LogP contribution in [-0.2, 0) is 0 Å². The fraction of sp³-hybridized carbons (Fsp3) is 1.00. The first kappa shape index (κ1) is 10.5. The van der Waals surface area contributed by atoms with Gasteiger partial charge in [0.15, 0.2) is 0 Å². The summed E-state index contributed by atoms with van der Waals surface area (Å²) >= 11 is 0. The molecule has 0 aromatic carbocycles. The van der Waals surface area contributed by atoms with Crippen LogP contribution in [0.25, 0.3) is 0 Å². The Kier molecular flexibility index (Phi) is 3.16. The fourth-order valence-corrected chi connectivity index (χ4v) is 3.57. The van der Waals surface area contributed by atoms with E-state index in [0.717, 1.165) is 31.1 Å². The molecule has 2 atom stereocenters. The van der Waals surface area contributed by atoms with Crippen molar-refractivity contribution in [2.75, 3.05) is 0 Å². The van der Waals surface area contributed by atoms with Crippen molar-refractivity contribution < 1.29 is 5.11 Å². The lowest BCUT2D eigenvalue weighted by Gasteiger charge is -2.37. The molecular formula is C13H24O. The molecule has 0 saturated heterocycles. The summed E-state index contributed by atoms with van der Waals surface area (Å²) in [5.41, 5.74) is -0.285. The third kappa shape index (κ3) is 2.50. The highest BCUT2D eigenvalue weighted by Crippen LogP contribution is 2.40. The summed E-state index contributed by atoms with van der Waals surface area (Å²) in [5.74, 6) is 1.58. The van der Waals surface area contributed by atoms with Gasteiger partial charge >= 0.3 is 0 Å². The highest BCUT2D eigenvalue weighted by molar-refractivity contribution is 4.88. The molecule has 2 aliphatic rings. The molecule has 2 fully saturated rings. The summed E-state index contributed by atoms with van der Waals surface area (Å²) in [6, 6.07) is 0. The lowest BCUT2D eigenvalue weighted by atomic mass is 9.74. The first-order valence-electron chi connectivity index (χ1n) is 6.40. The van der Waals surface area contributed by atoms with Crippen molar-refractivity contribution >= 4 is 0 Å². The van der Waals surface area contributed by atoms with Crippen molar-refractivity contribution in [3.05, 3.63) is 0 Å². The number of hydrogen-bond donors (Lipinski definition) is 1. The minimum Gasteiger partial charge on any atom is -0.390 e. The summed E-state index contributed by atoms with van der Waals surface area (Å²) in [6.07, 6.45) is 11.3. The molecular weight excluding hydrogens is 172 g/mol. The molecule has 0 amide bonds. The highest BCUT2D eigenvalue weighted by atomic mass is 16.3. The topological polar surface area (TPSA) is 20.2 Å². The van der Waals surface area contributed by atoms with Crippen molar-refractivity contribution in [3.8, 4) is 0 Å². The monoisotopic (exact) mass is 196 g/mol. The Morgan fingerprint density at radius 1 is 1.14 bits per heavy atom. The van der Waals surface area contributed by atoms with Gasteiger partial charge in [-0.15, -0.1) is 0 Å². The van der Waals surface area contributed by atoms with E-state index in [9.17, 15) is 5.11 Å². The largest absolute Gasteiger partial charge is 0.390 e. The SMILES string of the molecule is CC1CCCC(O)(CC2CCCC2)C1. The van der Waals surface area contributed by atoms with E-state index in [1.54, 1.807) is 0 Å². The molecule has 0 aliphatic heterocycles. The second-order valence-electron chi connectivity index (χ2n) is 5.78. The van der Waals surface area contributed by atoms with Crippen LogP contribution in [0.1, 0.15) is 64.7 Å². The van der Waals surface area contributed by atoms with Crippen molar-refractivity contribution in [1.29, 1.82) is 0 Å². The van der Waals surface area contributed by atoms with E-state index >= 15 is 0 Å². The average molecular weight is 196 g/mol. The van der Waals surface area contributed by atoms with Gasteiger partial charge in [0.2, 0.25) is 0 Å². The van der Waals surface area contributed by atoms with Gasteiger partial charge in [0, 0.05) is 0 Å². The van der Waals surface area contributed by atoms with Gasteiger partial charge in [0.05, 0.1) is 5.60 Å². The summed E-state index contributed by atoms with van der Waals surface area (Å²) in [6.45, 7) is 2.29. The summed E-state index contributed by atoms with van der Waals surface area (Å²) < 4.78 is 0. The molecule has 1 N–H and O–H groups in total. The molecule has 0 aromatic heterocycles. The van der Waals surface area contributed by atoms with E-state index in [1.807, 2.05) is 0 Å². The Bertz CT molecular complexity index is 184. The maximum Gasteiger partial charge on any atom is 0.0653 e. The van der Waals surface area contributed by atoms with Crippen molar-refractivity contribution in [2.24, 2.45) is 11.8 Å². The molecule has 2 aliphatic carbocycles. The first-order chi connectivity index (χ1) is 6.68. The maximum atomic E-state index is 10.5. The molecule has 1 nitrogen and oxygen atoms in total. The van der Waals surface area contributed by atoms with E-state index in [2.05, 4.69) is 6.92 Å². The molecule has 1 heteroatoms. The van der Waals surface area contributed by atoms with Crippen molar-refractivity contribution in [2.45, 2.75) is 70.3 Å². The van der Waals surface area contributed by atoms with E-state index in [4.69, 9.17) is 0 Å². The number of rotatable bonds is 2. The van der Waals surface area contributed by atoms with Gasteiger partial charge in [0.25, 0.3) is 0 Å². The maximum absolute atomic E-state index is 10.5. The third-order valence-electron chi connectivity index (χ3n) is 4.21. The zero-order chi connectivity index (χ0) is 10.0. The van der Waals surface area contributed by atoms with E-state index in [1.165, 1.54) is 38.5 Å². The van der Waals surface area contributed by atoms with Crippen molar-refractivity contribution in [1.82, 2.24) is 0 Å². The van der Waals surface area contributed by atoms with Crippen LogP contribution in [0.2, 0.25) is 0 Å². The third-order valence-corrected chi connectivity index (χ3v) is 4.21.